The topological polar surface area (TPSA) is 103 Å². The number of halogens is 1. The lowest BCUT2D eigenvalue weighted by Gasteiger charge is -2.14. The molecule has 0 aliphatic heterocycles. The first-order valence-corrected chi connectivity index (χ1v) is 13.3. The third-order valence-electron chi connectivity index (χ3n) is 5.76. The summed E-state index contributed by atoms with van der Waals surface area (Å²) in [5.41, 5.74) is 4.26. The summed E-state index contributed by atoms with van der Waals surface area (Å²) in [6.07, 6.45) is 1.52. The molecule has 1 heterocycles. The van der Waals surface area contributed by atoms with E-state index in [0.29, 0.717) is 28.4 Å². The number of nitrogens with one attached hydrogen (secondary N) is 1. The predicted molar refractivity (Wildman–Crippen MR) is 158 cm³/mol. The Kier molecular flexibility index (Phi) is 7.52. The van der Waals surface area contributed by atoms with Gasteiger partial charge in [-0.05, 0) is 74.8 Å². The lowest BCUT2D eigenvalue weighted by Crippen LogP contribution is -2.16. The first-order chi connectivity index (χ1) is 18.4. The van der Waals surface area contributed by atoms with Crippen molar-refractivity contribution in [3.63, 3.8) is 0 Å². The normalized spacial score (nSPS) is 11.2. The van der Waals surface area contributed by atoms with E-state index >= 15 is 0 Å². The van der Waals surface area contributed by atoms with Crippen molar-refractivity contribution in [3.8, 4) is 11.5 Å². The molecule has 0 aliphatic carbocycles. The minimum absolute atomic E-state index is 0.0199. The van der Waals surface area contributed by atoms with Crippen LogP contribution < -0.4 is 14.9 Å². The zero-order valence-electron chi connectivity index (χ0n) is 20.0. The van der Waals surface area contributed by atoms with Crippen molar-refractivity contribution < 1.29 is 19.2 Å². The molecule has 5 aromatic rings. The van der Waals surface area contributed by atoms with Gasteiger partial charge in [0, 0.05) is 22.2 Å². The van der Waals surface area contributed by atoms with E-state index in [1.165, 1.54) is 35.1 Å². The minimum atomic E-state index is -0.462. The van der Waals surface area contributed by atoms with E-state index in [0.717, 1.165) is 24.8 Å². The van der Waals surface area contributed by atoms with E-state index in [2.05, 4.69) is 57.4 Å². The van der Waals surface area contributed by atoms with E-state index < -0.39 is 10.8 Å². The molecule has 0 unspecified atom stereocenters. The Morgan fingerprint density at radius 2 is 1.87 bits per heavy atom. The number of hydrogen-bond donors (Lipinski definition) is 1. The monoisotopic (exact) mass is 637 g/mol. The smallest absolute Gasteiger partial charge is 0.281 e. The summed E-state index contributed by atoms with van der Waals surface area (Å²) >= 11 is 3.42. The largest absolute Gasteiger partial charge is 0.493 e. The van der Waals surface area contributed by atoms with Crippen molar-refractivity contribution in [2.45, 2.75) is 6.61 Å². The number of benzene rings is 4. The molecule has 1 aromatic heterocycles. The number of nitro benzene ring substituents is 1. The van der Waals surface area contributed by atoms with Crippen LogP contribution in [0.3, 0.4) is 0 Å². The number of carbonyl (C=O) groups is 1. The molecule has 1 amide bonds. The quantitative estimate of drug-likeness (QED) is 0.0862. The number of ether oxygens (including phenoxy) is 2. The summed E-state index contributed by atoms with van der Waals surface area (Å²) in [5, 5.41) is 18.0. The highest BCUT2D eigenvalue weighted by molar-refractivity contribution is 14.1. The second-order valence-electron chi connectivity index (χ2n) is 8.29. The van der Waals surface area contributed by atoms with Crippen LogP contribution in [0, 0.1) is 13.7 Å². The Morgan fingerprint density at radius 3 is 2.66 bits per heavy atom. The number of hydrogen-bond acceptors (Lipinski definition) is 7. The fourth-order valence-electron chi connectivity index (χ4n) is 3.92. The summed E-state index contributed by atoms with van der Waals surface area (Å²) in [6.45, 7) is 0.388. The van der Waals surface area contributed by atoms with Crippen LogP contribution >= 0.6 is 33.9 Å². The van der Waals surface area contributed by atoms with Crippen LogP contribution in [-0.2, 0) is 6.61 Å². The van der Waals surface area contributed by atoms with Gasteiger partial charge in [-0.3, -0.25) is 14.9 Å². The molecule has 0 radical (unpaired) electrons. The SMILES string of the molecule is COc1cc(/C=N\NC(=O)c2cc3cc([N+](=O)[O-])ccc3s2)cc(I)c1OCc1ccc2ccccc2c1. The number of non-ortho nitro benzene ring substituents is 1. The zero-order valence-corrected chi connectivity index (χ0v) is 23.0. The second-order valence-corrected chi connectivity index (χ2v) is 10.5. The van der Waals surface area contributed by atoms with Crippen molar-refractivity contribution in [3.05, 3.63) is 109 Å². The highest BCUT2D eigenvalue weighted by Gasteiger charge is 2.14. The number of rotatable bonds is 8. The van der Waals surface area contributed by atoms with Gasteiger partial charge in [0.25, 0.3) is 11.6 Å². The van der Waals surface area contributed by atoms with E-state index in [1.54, 1.807) is 25.3 Å². The molecule has 38 heavy (non-hydrogen) atoms. The molecule has 190 valence electrons. The van der Waals surface area contributed by atoms with Crippen molar-refractivity contribution >= 4 is 72.6 Å². The van der Waals surface area contributed by atoms with Gasteiger partial charge in [-0.1, -0.05) is 36.4 Å². The molecular weight excluding hydrogens is 617 g/mol. The number of nitro groups is 1. The fraction of sp³-hybridized carbons (Fsp3) is 0.0714. The molecule has 8 nitrogen and oxygen atoms in total. The molecule has 0 fully saturated rings. The Hall–Kier alpha value is -4.03. The van der Waals surface area contributed by atoms with Crippen LogP contribution in [0.2, 0.25) is 0 Å². The molecule has 5 rings (SSSR count). The van der Waals surface area contributed by atoms with Gasteiger partial charge in [0.2, 0.25) is 0 Å². The predicted octanol–water partition coefficient (Wildman–Crippen LogP) is 6.92. The number of methoxy groups -OCH3 is 1. The Bertz CT molecular complexity index is 1720. The molecule has 4 aromatic carbocycles. The van der Waals surface area contributed by atoms with Gasteiger partial charge in [-0.2, -0.15) is 5.10 Å². The number of carbonyl (C=O) groups excluding carboxylic acids is 1. The molecular formula is C28H20IN3O5S. The standard InChI is InChI=1S/C28H20IN3O5S/c1-36-24-12-18(11-23(29)27(24)37-16-17-6-7-19-4-2-3-5-20(19)10-17)15-30-31-28(33)26-14-21-13-22(32(34)35)8-9-25(21)38-26/h2-15H,16H2,1H3,(H,31,33)/b30-15-. The summed E-state index contributed by atoms with van der Waals surface area (Å²) in [7, 11) is 1.57. The van der Waals surface area contributed by atoms with E-state index in [9.17, 15) is 14.9 Å². The zero-order chi connectivity index (χ0) is 26.6. The van der Waals surface area contributed by atoms with Gasteiger partial charge < -0.3 is 9.47 Å². The van der Waals surface area contributed by atoms with Crippen molar-refractivity contribution in [2.24, 2.45) is 5.10 Å². The molecule has 0 spiro atoms. The molecule has 10 heteroatoms. The Labute approximate surface area is 235 Å². The van der Waals surface area contributed by atoms with Crippen molar-refractivity contribution in [1.82, 2.24) is 5.43 Å². The highest BCUT2D eigenvalue weighted by atomic mass is 127. The maximum Gasteiger partial charge on any atom is 0.281 e. The summed E-state index contributed by atoms with van der Waals surface area (Å²) in [5.74, 6) is 0.778. The summed E-state index contributed by atoms with van der Waals surface area (Å²) in [6, 6.07) is 24.2. The number of thiophene rings is 1. The van der Waals surface area contributed by atoms with Gasteiger partial charge in [0.05, 0.1) is 26.7 Å². The highest BCUT2D eigenvalue weighted by Crippen LogP contribution is 2.34. The number of amides is 1. The molecule has 0 saturated carbocycles. The number of hydrazone groups is 1. The van der Waals surface area contributed by atoms with Crippen LogP contribution in [0.4, 0.5) is 5.69 Å². The average molecular weight is 637 g/mol. The van der Waals surface area contributed by atoms with Crippen LogP contribution in [0.1, 0.15) is 20.8 Å². The Morgan fingerprint density at radius 1 is 1.05 bits per heavy atom. The van der Waals surface area contributed by atoms with E-state index in [1.807, 2.05) is 24.3 Å². The third kappa shape index (κ3) is 5.60. The van der Waals surface area contributed by atoms with Gasteiger partial charge >= 0.3 is 0 Å². The molecule has 0 aliphatic rings. The van der Waals surface area contributed by atoms with E-state index in [4.69, 9.17) is 9.47 Å². The second kappa shape index (κ2) is 11.2. The average Bonchev–Trinajstić information content (AvgIpc) is 3.36. The minimum Gasteiger partial charge on any atom is -0.493 e. The summed E-state index contributed by atoms with van der Waals surface area (Å²) in [4.78, 5) is 23.5. The first-order valence-electron chi connectivity index (χ1n) is 11.4. The maximum atomic E-state index is 12.6. The maximum absolute atomic E-state index is 12.6. The fourth-order valence-corrected chi connectivity index (χ4v) is 5.63. The van der Waals surface area contributed by atoms with Crippen LogP contribution in [0.5, 0.6) is 11.5 Å². The van der Waals surface area contributed by atoms with Crippen LogP contribution in [0.25, 0.3) is 20.9 Å². The van der Waals surface area contributed by atoms with Crippen LogP contribution in [-0.4, -0.2) is 24.2 Å². The van der Waals surface area contributed by atoms with Crippen molar-refractivity contribution in [2.75, 3.05) is 7.11 Å². The molecule has 0 bridgehead atoms. The van der Waals surface area contributed by atoms with Crippen LogP contribution in [0.15, 0.2) is 84.0 Å². The molecule has 0 atom stereocenters. The third-order valence-corrected chi connectivity index (χ3v) is 7.68. The molecule has 1 N–H and O–H groups in total. The number of fused-ring (bicyclic) bond motifs is 2. The van der Waals surface area contributed by atoms with E-state index in [-0.39, 0.29) is 5.69 Å². The van der Waals surface area contributed by atoms with Gasteiger partial charge in [-0.15, -0.1) is 11.3 Å². The van der Waals surface area contributed by atoms with Gasteiger partial charge in [0.1, 0.15) is 6.61 Å². The lowest BCUT2D eigenvalue weighted by atomic mass is 10.1. The van der Waals surface area contributed by atoms with Gasteiger partial charge in [-0.25, -0.2) is 5.43 Å². The first kappa shape index (κ1) is 25.6. The van der Waals surface area contributed by atoms with Crippen molar-refractivity contribution in [1.29, 1.82) is 0 Å². The van der Waals surface area contributed by atoms with Gasteiger partial charge in [0.15, 0.2) is 11.5 Å². The molecule has 0 saturated heterocycles. The summed E-state index contributed by atoms with van der Waals surface area (Å²) < 4.78 is 13.3. The lowest BCUT2D eigenvalue weighted by molar-refractivity contribution is -0.384. The Balaban J connectivity index is 1.26. The number of nitrogens with zero attached hydrogens (tertiary/aromatic N) is 2.